The molecule has 0 bridgehead atoms. The van der Waals surface area contributed by atoms with E-state index < -0.39 is 18.0 Å². The summed E-state index contributed by atoms with van der Waals surface area (Å²) in [5.41, 5.74) is 1.89. The molecule has 0 saturated carbocycles. The Balaban J connectivity index is 2.34. The molecule has 2 N–H and O–H groups in total. The summed E-state index contributed by atoms with van der Waals surface area (Å²) < 4.78 is 10.7. The third-order valence-corrected chi connectivity index (χ3v) is 4.16. The highest BCUT2D eigenvalue weighted by Gasteiger charge is 2.19. The molecule has 1 amide bonds. The second-order valence-electron chi connectivity index (χ2n) is 6.15. The van der Waals surface area contributed by atoms with Crippen molar-refractivity contribution in [3.05, 3.63) is 59.2 Å². The van der Waals surface area contributed by atoms with Crippen LogP contribution in [-0.2, 0) is 16.0 Å². The summed E-state index contributed by atoms with van der Waals surface area (Å²) in [7, 11) is 1.42. The monoisotopic (exact) mass is 394 g/mol. The molecule has 0 heterocycles. The molecule has 2 rings (SSSR count). The van der Waals surface area contributed by atoms with Gasteiger partial charge in [-0.2, -0.15) is 5.26 Å². The molecule has 2 aromatic carbocycles. The predicted octanol–water partition coefficient (Wildman–Crippen LogP) is 3.66. The third kappa shape index (κ3) is 5.59. The van der Waals surface area contributed by atoms with Crippen molar-refractivity contribution < 1.29 is 24.2 Å². The molecule has 0 unspecified atom stereocenters. The second-order valence-corrected chi connectivity index (χ2v) is 6.15. The number of nitrogens with zero attached hydrogens (tertiary/aromatic N) is 1. The van der Waals surface area contributed by atoms with E-state index in [0.717, 1.165) is 12.0 Å². The molecule has 0 aliphatic heterocycles. The van der Waals surface area contributed by atoms with Gasteiger partial charge < -0.3 is 19.9 Å². The standard InChI is InChI=1S/C22H22N2O5/c1-4-15-8-10-18(11-9-15)24-21(25)17(13-23)12-16-6-5-7-19(28-3)20(16)29-14(2)22(26)27/h5-12,14H,4H2,1-3H3,(H,24,25)(H,26,27)/b17-12-/t14-/m1/s1. The molecule has 0 spiro atoms. The summed E-state index contributed by atoms with van der Waals surface area (Å²) in [6.07, 6.45) is 1.07. The maximum absolute atomic E-state index is 12.5. The summed E-state index contributed by atoms with van der Waals surface area (Å²) in [4.78, 5) is 23.7. The highest BCUT2D eigenvalue weighted by atomic mass is 16.5. The van der Waals surface area contributed by atoms with Crippen molar-refractivity contribution in [1.82, 2.24) is 0 Å². The van der Waals surface area contributed by atoms with E-state index in [2.05, 4.69) is 5.32 Å². The zero-order chi connectivity index (χ0) is 21.4. The average molecular weight is 394 g/mol. The number of hydrogen-bond acceptors (Lipinski definition) is 5. The van der Waals surface area contributed by atoms with E-state index in [4.69, 9.17) is 14.6 Å². The van der Waals surface area contributed by atoms with Crippen LogP contribution >= 0.6 is 0 Å². The van der Waals surface area contributed by atoms with Crippen LogP contribution in [0.1, 0.15) is 25.0 Å². The van der Waals surface area contributed by atoms with Crippen molar-refractivity contribution in [2.45, 2.75) is 26.4 Å². The molecule has 7 heteroatoms. The van der Waals surface area contributed by atoms with Gasteiger partial charge in [0.2, 0.25) is 0 Å². The molecule has 0 aliphatic carbocycles. The molecular formula is C22H22N2O5. The highest BCUT2D eigenvalue weighted by molar-refractivity contribution is 6.09. The van der Waals surface area contributed by atoms with Gasteiger partial charge in [0.15, 0.2) is 17.6 Å². The minimum atomic E-state index is -1.15. The number of anilines is 1. The van der Waals surface area contributed by atoms with Crippen LogP contribution in [0.2, 0.25) is 0 Å². The van der Waals surface area contributed by atoms with E-state index in [9.17, 15) is 14.9 Å². The summed E-state index contributed by atoms with van der Waals surface area (Å²) >= 11 is 0. The zero-order valence-corrected chi connectivity index (χ0v) is 16.4. The van der Waals surface area contributed by atoms with Crippen molar-refractivity contribution in [3.8, 4) is 17.6 Å². The molecule has 1 atom stereocenters. The molecule has 0 radical (unpaired) electrons. The van der Waals surface area contributed by atoms with Crippen LogP contribution in [0.5, 0.6) is 11.5 Å². The fourth-order valence-electron chi connectivity index (χ4n) is 2.49. The van der Waals surface area contributed by atoms with Crippen LogP contribution < -0.4 is 14.8 Å². The lowest BCUT2D eigenvalue weighted by atomic mass is 10.1. The maximum atomic E-state index is 12.5. The van der Waals surface area contributed by atoms with Gasteiger partial charge in [-0.15, -0.1) is 0 Å². The number of methoxy groups -OCH3 is 1. The lowest BCUT2D eigenvalue weighted by Crippen LogP contribution is -2.23. The normalized spacial score (nSPS) is 11.9. The highest BCUT2D eigenvalue weighted by Crippen LogP contribution is 2.33. The van der Waals surface area contributed by atoms with Gasteiger partial charge in [-0.25, -0.2) is 4.79 Å². The molecule has 150 valence electrons. The van der Waals surface area contributed by atoms with E-state index in [-0.39, 0.29) is 11.3 Å². The Morgan fingerprint density at radius 1 is 1.24 bits per heavy atom. The van der Waals surface area contributed by atoms with E-state index in [1.165, 1.54) is 20.1 Å². The Kier molecular flexibility index (Phi) is 7.38. The average Bonchev–Trinajstić information content (AvgIpc) is 2.73. The predicted molar refractivity (Wildman–Crippen MR) is 109 cm³/mol. The number of carboxylic acids is 1. The second kappa shape index (κ2) is 9.95. The Labute approximate surface area is 169 Å². The smallest absolute Gasteiger partial charge is 0.344 e. The molecule has 29 heavy (non-hydrogen) atoms. The molecule has 7 nitrogen and oxygen atoms in total. The van der Waals surface area contributed by atoms with E-state index in [1.807, 2.05) is 25.1 Å². The molecular weight excluding hydrogens is 372 g/mol. The minimum absolute atomic E-state index is 0.137. The first-order valence-corrected chi connectivity index (χ1v) is 8.98. The fourth-order valence-corrected chi connectivity index (χ4v) is 2.49. The molecule has 0 saturated heterocycles. The van der Waals surface area contributed by atoms with Crippen LogP contribution in [0, 0.1) is 11.3 Å². The molecule has 0 aliphatic rings. The van der Waals surface area contributed by atoms with Crippen molar-refractivity contribution >= 4 is 23.6 Å². The van der Waals surface area contributed by atoms with Gasteiger partial charge in [-0.3, -0.25) is 4.79 Å². The SMILES string of the molecule is CCc1ccc(NC(=O)/C(C#N)=C\c2cccc(OC)c2O[C@H](C)C(=O)O)cc1. The zero-order valence-electron chi connectivity index (χ0n) is 16.4. The van der Waals surface area contributed by atoms with Crippen LogP contribution in [0.4, 0.5) is 5.69 Å². The van der Waals surface area contributed by atoms with Crippen LogP contribution in [0.15, 0.2) is 48.0 Å². The Bertz CT molecular complexity index is 958. The first kappa shape index (κ1) is 21.5. The number of ether oxygens (including phenoxy) is 2. The van der Waals surface area contributed by atoms with E-state index in [1.54, 1.807) is 30.3 Å². The summed E-state index contributed by atoms with van der Waals surface area (Å²) in [5.74, 6) is -1.31. The number of para-hydroxylation sites is 1. The largest absolute Gasteiger partial charge is 0.493 e. The topological polar surface area (TPSA) is 109 Å². The lowest BCUT2D eigenvalue weighted by Gasteiger charge is -2.16. The quantitative estimate of drug-likeness (QED) is 0.522. The summed E-state index contributed by atoms with van der Waals surface area (Å²) in [6.45, 7) is 3.41. The lowest BCUT2D eigenvalue weighted by molar-refractivity contribution is -0.144. The number of rotatable bonds is 8. The van der Waals surface area contributed by atoms with Gasteiger partial charge in [-0.1, -0.05) is 31.2 Å². The van der Waals surface area contributed by atoms with Gasteiger partial charge in [0, 0.05) is 11.3 Å². The number of aryl methyl sites for hydroxylation is 1. The maximum Gasteiger partial charge on any atom is 0.344 e. The number of carbonyl (C=O) groups is 2. The first-order chi connectivity index (χ1) is 13.9. The minimum Gasteiger partial charge on any atom is -0.493 e. The number of benzene rings is 2. The van der Waals surface area contributed by atoms with Crippen molar-refractivity contribution in [2.75, 3.05) is 12.4 Å². The van der Waals surface area contributed by atoms with E-state index in [0.29, 0.717) is 17.0 Å². The van der Waals surface area contributed by atoms with Crippen molar-refractivity contribution in [2.24, 2.45) is 0 Å². The molecule has 2 aromatic rings. The summed E-state index contributed by atoms with van der Waals surface area (Å²) in [6, 6.07) is 14.0. The van der Waals surface area contributed by atoms with E-state index >= 15 is 0 Å². The number of aliphatic carboxylic acids is 1. The van der Waals surface area contributed by atoms with Gasteiger partial charge in [-0.05, 0) is 43.2 Å². The molecule has 0 aromatic heterocycles. The van der Waals surface area contributed by atoms with Crippen LogP contribution in [0.3, 0.4) is 0 Å². The number of nitrogens with one attached hydrogen (secondary N) is 1. The number of carbonyl (C=O) groups excluding carboxylic acids is 1. The van der Waals surface area contributed by atoms with Gasteiger partial charge in [0.05, 0.1) is 7.11 Å². The number of carboxylic acid groups (broad SMARTS) is 1. The number of amides is 1. The van der Waals surface area contributed by atoms with Crippen molar-refractivity contribution in [1.29, 1.82) is 5.26 Å². The third-order valence-electron chi connectivity index (χ3n) is 4.16. The Morgan fingerprint density at radius 3 is 2.48 bits per heavy atom. The Hall–Kier alpha value is -3.79. The molecule has 0 fully saturated rings. The van der Waals surface area contributed by atoms with Crippen molar-refractivity contribution in [3.63, 3.8) is 0 Å². The van der Waals surface area contributed by atoms with Crippen LogP contribution in [-0.4, -0.2) is 30.2 Å². The fraction of sp³-hybridized carbons (Fsp3) is 0.227. The Morgan fingerprint density at radius 2 is 1.93 bits per heavy atom. The van der Waals surface area contributed by atoms with Gasteiger partial charge in [0.1, 0.15) is 11.6 Å². The van der Waals surface area contributed by atoms with Crippen LogP contribution in [0.25, 0.3) is 6.08 Å². The first-order valence-electron chi connectivity index (χ1n) is 8.98. The summed E-state index contributed by atoms with van der Waals surface area (Å²) in [5, 5.41) is 21.3. The van der Waals surface area contributed by atoms with Gasteiger partial charge >= 0.3 is 5.97 Å². The number of nitriles is 1. The van der Waals surface area contributed by atoms with Gasteiger partial charge in [0.25, 0.3) is 5.91 Å². The number of hydrogen-bond donors (Lipinski definition) is 2.